The van der Waals surface area contributed by atoms with Crippen molar-refractivity contribution < 1.29 is 22.9 Å². The van der Waals surface area contributed by atoms with Gasteiger partial charge in [-0.25, -0.2) is 4.57 Å². The Bertz CT molecular complexity index is 745. The minimum atomic E-state index is -3.41. The number of pyridine rings is 1. The first-order chi connectivity index (χ1) is 12.1. The van der Waals surface area contributed by atoms with Crippen molar-refractivity contribution in [2.75, 3.05) is 27.4 Å². The van der Waals surface area contributed by atoms with Gasteiger partial charge in [0.2, 0.25) is 5.91 Å². The highest BCUT2D eigenvalue weighted by atomic mass is 31.2. The average Bonchev–Trinajstić information content (AvgIpc) is 2.64. The molecule has 1 aromatic carbocycles. The van der Waals surface area contributed by atoms with Gasteiger partial charge < -0.3 is 5.32 Å². The molecule has 0 saturated carbocycles. The molecular formula is C17H23N2O5P. The van der Waals surface area contributed by atoms with Gasteiger partial charge in [-0.3, -0.25) is 23.3 Å². The number of hydrogen-bond donors (Lipinski definition) is 1. The summed E-state index contributed by atoms with van der Waals surface area (Å²) in [5.41, 5.74) is 1.79. The van der Waals surface area contributed by atoms with E-state index in [4.69, 9.17) is 4.52 Å². The quantitative estimate of drug-likeness (QED) is 0.514. The first-order valence-electron chi connectivity index (χ1n) is 8.03. The third-order valence-electron chi connectivity index (χ3n) is 3.60. The molecule has 0 aliphatic rings. The molecule has 7 nitrogen and oxygen atoms in total. The number of nitrogens with zero attached hydrogens (tertiary/aromatic N) is 1. The van der Waals surface area contributed by atoms with Gasteiger partial charge in [0.05, 0.1) is 18.5 Å². The van der Waals surface area contributed by atoms with Crippen LogP contribution in [0.2, 0.25) is 0 Å². The van der Waals surface area contributed by atoms with Crippen LogP contribution in [0.1, 0.15) is 18.4 Å². The van der Waals surface area contributed by atoms with Crippen LogP contribution in [0.25, 0.3) is 10.9 Å². The summed E-state index contributed by atoms with van der Waals surface area (Å²) in [5, 5.41) is 3.87. The minimum Gasteiger partial charge on any atom is -0.356 e. The molecule has 1 amide bonds. The van der Waals surface area contributed by atoms with Gasteiger partial charge in [0, 0.05) is 32.3 Å². The van der Waals surface area contributed by atoms with E-state index in [1.54, 1.807) is 6.20 Å². The van der Waals surface area contributed by atoms with Gasteiger partial charge in [-0.05, 0) is 30.5 Å². The van der Waals surface area contributed by atoms with Gasteiger partial charge >= 0.3 is 7.82 Å². The Morgan fingerprint density at radius 1 is 1.20 bits per heavy atom. The van der Waals surface area contributed by atoms with E-state index in [0.717, 1.165) is 16.5 Å². The lowest BCUT2D eigenvalue weighted by Gasteiger charge is -2.13. The highest BCUT2D eigenvalue weighted by Crippen LogP contribution is 2.47. The maximum atomic E-state index is 12.0. The van der Waals surface area contributed by atoms with Crippen LogP contribution in [0.15, 0.2) is 36.5 Å². The molecule has 0 fully saturated rings. The maximum absolute atomic E-state index is 12.0. The van der Waals surface area contributed by atoms with Crippen molar-refractivity contribution in [3.63, 3.8) is 0 Å². The number of fused-ring (bicyclic) bond motifs is 1. The lowest BCUT2D eigenvalue weighted by Crippen LogP contribution is -2.26. The van der Waals surface area contributed by atoms with Crippen LogP contribution in [0.5, 0.6) is 0 Å². The third kappa shape index (κ3) is 6.21. The molecule has 0 spiro atoms. The molecule has 0 unspecified atom stereocenters. The predicted molar refractivity (Wildman–Crippen MR) is 95.3 cm³/mol. The van der Waals surface area contributed by atoms with Crippen molar-refractivity contribution >= 4 is 24.6 Å². The summed E-state index contributed by atoms with van der Waals surface area (Å²) in [6, 6.07) is 9.77. The Balaban J connectivity index is 1.67. The Morgan fingerprint density at radius 2 is 1.96 bits per heavy atom. The zero-order valence-corrected chi connectivity index (χ0v) is 15.3. The first-order valence-corrected chi connectivity index (χ1v) is 9.49. The molecule has 1 heterocycles. The molecule has 0 radical (unpaired) electrons. The molecular weight excluding hydrogens is 343 g/mol. The molecule has 2 rings (SSSR count). The summed E-state index contributed by atoms with van der Waals surface area (Å²) in [4.78, 5) is 16.3. The van der Waals surface area contributed by atoms with Gasteiger partial charge in [0.25, 0.3) is 0 Å². The van der Waals surface area contributed by atoms with E-state index < -0.39 is 7.82 Å². The highest BCUT2D eigenvalue weighted by molar-refractivity contribution is 7.48. The number of phosphoric acid groups is 1. The molecule has 0 atom stereocenters. The van der Waals surface area contributed by atoms with E-state index >= 15 is 0 Å². The van der Waals surface area contributed by atoms with E-state index in [-0.39, 0.29) is 18.9 Å². The van der Waals surface area contributed by atoms with E-state index in [1.165, 1.54) is 14.2 Å². The number of aromatic nitrogens is 1. The van der Waals surface area contributed by atoms with Crippen molar-refractivity contribution in [3.05, 3.63) is 42.1 Å². The monoisotopic (exact) mass is 366 g/mol. The van der Waals surface area contributed by atoms with Crippen LogP contribution < -0.4 is 5.32 Å². The number of amides is 1. The first kappa shape index (κ1) is 19.5. The third-order valence-corrected chi connectivity index (χ3v) is 4.99. The van der Waals surface area contributed by atoms with E-state index in [2.05, 4.69) is 19.3 Å². The molecule has 1 N–H and O–H groups in total. The van der Waals surface area contributed by atoms with Crippen molar-refractivity contribution in [2.24, 2.45) is 0 Å². The number of nitrogens with one attached hydrogen (secondary N) is 1. The van der Waals surface area contributed by atoms with Crippen LogP contribution in [-0.2, 0) is 29.4 Å². The molecule has 0 bridgehead atoms. The molecule has 0 saturated heterocycles. The molecule has 2 aromatic rings. The zero-order valence-electron chi connectivity index (χ0n) is 14.4. The zero-order chi connectivity index (χ0) is 18.1. The number of benzene rings is 1. The average molecular weight is 366 g/mol. The molecule has 136 valence electrons. The highest BCUT2D eigenvalue weighted by Gasteiger charge is 2.21. The van der Waals surface area contributed by atoms with Gasteiger partial charge in [-0.2, -0.15) is 0 Å². The Morgan fingerprint density at radius 3 is 2.72 bits per heavy atom. The fourth-order valence-corrected chi connectivity index (χ4v) is 2.98. The molecule has 1 aromatic heterocycles. The van der Waals surface area contributed by atoms with E-state index in [9.17, 15) is 9.36 Å². The summed E-state index contributed by atoms with van der Waals surface area (Å²) >= 11 is 0. The summed E-state index contributed by atoms with van der Waals surface area (Å²) in [6.07, 6.45) is 3.35. The number of phosphoric ester groups is 1. The molecule has 25 heavy (non-hydrogen) atoms. The van der Waals surface area contributed by atoms with Crippen LogP contribution >= 0.6 is 7.82 Å². The van der Waals surface area contributed by atoms with Gasteiger partial charge in [0.1, 0.15) is 0 Å². The lowest BCUT2D eigenvalue weighted by atomic mass is 10.1. The summed E-state index contributed by atoms with van der Waals surface area (Å²) < 4.78 is 26.0. The summed E-state index contributed by atoms with van der Waals surface area (Å²) in [6.45, 7) is 0.761. The topological polar surface area (TPSA) is 86.8 Å². The Kier molecular flexibility index (Phi) is 7.52. The van der Waals surface area contributed by atoms with Crippen molar-refractivity contribution in [1.82, 2.24) is 10.3 Å². The van der Waals surface area contributed by atoms with Crippen LogP contribution in [-0.4, -0.2) is 38.3 Å². The Labute approximate surface area is 147 Å². The van der Waals surface area contributed by atoms with Gasteiger partial charge in [-0.15, -0.1) is 0 Å². The van der Waals surface area contributed by atoms with Crippen LogP contribution in [0.4, 0.5) is 0 Å². The lowest BCUT2D eigenvalue weighted by molar-refractivity contribution is -0.120. The van der Waals surface area contributed by atoms with E-state index in [0.29, 0.717) is 19.4 Å². The SMILES string of the molecule is COP(=O)(OC)OCCCCNC(=O)Cc1cnc2ccccc2c1. The van der Waals surface area contributed by atoms with E-state index in [1.807, 2.05) is 30.3 Å². The van der Waals surface area contributed by atoms with Crippen LogP contribution in [0.3, 0.4) is 0 Å². The number of unbranched alkanes of at least 4 members (excludes halogenated alkanes) is 1. The second kappa shape index (κ2) is 9.63. The molecule has 0 aliphatic carbocycles. The normalized spacial score (nSPS) is 11.6. The number of rotatable bonds is 10. The largest absolute Gasteiger partial charge is 0.474 e. The van der Waals surface area contributed by atoms with Crippen molar-refractivity contribution in [1.29, 1.82) is 0 Å². The number of carbonyl (C=O) groups is 1. The molecule has 0 aliphatic heterocycles. The van der Waals surface area contributed by atoms with Crippen LogP contribution in [0, 0.1) is 0 Å². The fraction of sp³-hybridized carbons (Fsp3) is 0.412. The minimum absolute atomic E-state index is 0.0579. The van der Waals surface area contributed by atoms with Gasteiger partial charge in [0.15, 0.2) is 0 Å². The molecule has 8 heteroatoms. The maximum Gasteiger partial charge on any atom is 0.474 e. The van der Waals surface area contributed by atoms with Gasteiger partial charge in [-0.1, -0.05) is 18.2 Å². The van der Waals surface area contributed by atoms with Crippen molar-refractivity contribution in [3.8, 4) is 0 Å². The van der Waals surface area contributed by atoms with Crippen molar-refractivity contribution in [2.45, 2.75) is 19.3 Å². The second-order valence-electron chi connectivity index (χ2n) is 5.42. The number of para-hydroxylation sites is 1. The predicted octanol–water partition coefficient (Wildman–Crippen LogP) is 3.09. The number of carbonyl (C=O) groups excluding carboxylic acids is 1. The Hall–Kier alpha value is -1.79. The summed E-state index contributed by atoms with van der Waals surface area (Å²) in [7, 11) is -0.869. The standard InChI is InChI=1S/C17H23N2O5P/c1-22-25(21,23-2)24-10-6-5-9-18-17(20)12-14-11-15-7-3-4-8-16(15)19-13-14/h3-4,7-8,11,13H,5-6,9-10,12H2,1-2H3,(H,18,20). The second-order valence-corrected chi connectivity index (χ2v) is 7.30. The fourth-order valence-electron chi connectivity index (χ4n) is 2.27. The summed E-state index contributed by atoms with van der Waals surface area (Å²) in [5.74, 6) is -0.0579. The smallest absolute Gasteiger partial charge is 0.356 e. The number of hydrogen-bond acceptors (Lipinski definition) is 6.